The number of hydrogen-bond donors (Lipinski definition) is 4. The Labute approximate surface area is 277 Å². The van der Waals surface area contributed by atoms with Gasteiger partial charge in [0.05, 0.1) is 41.3 Å². The minimum atomic E-state index is -0.649. The van der Waals surface area contributed by atoms with Crippen molar-refractivity contribution in [3.63, 3.8) is 0 Å². The van der Waals surface area contributed by atoms with Crippen molar-refractivity contribution in [2.75, 3.05) is 20.3 Å². The van der Waals surface area contributed by atoms with E-state index in [2.05, 4.69) is 69.1 Å². The third-order valence-electron chi connectivity index (χ3n) is 11.7. The fourth-order valence-corrected chi connectivity index (χ4v) is 8.86. The molecular formula is C37H39N7O4. The van der Waals surface area contributed by atoms with E-state index in [1.165, 1.54) is 20.0 Å². The summed E-state index contributed by atoms with van der Waals surface area (Å²) in [5, 5.41) is 8.76. The van der Waals surface area contributed by atoms with Crippen LogP contribution in [0.5, 0.6) is 0 Å². The van der Waals surface area contributed by atoms with Crippen LogP contribution in [-0.4, -0.2) is 75.3 Å². The average molecular weight is 646 g/mol. The van der Waals surface area contributed by atoms with Gasteiger partial charge in [0.2, 0.25) is 5.91 Å². The van der Waals surface area contributed by atoms with Gasteiger partial charge in [-0.3, -0.25) is 4.79 Å². The number of aromatic nitrogens is 4. The number of methoxy groups -OCH3 is 1. The molecule has 10 rings (SSSR count). The Morgan fingerprint density at radius 3 is 2.58 bits per heavy atom. The lowest BCUT2D eigenvalue weighted by molar-refractivity contribution is -0.138. The molecule has 7 atom stereocenters. The number of amides is 2. The number of likely N-dealkylation sites (tertiary alicyclic amines) is 1. The van der Waals surface area contributed by atoms with Crippen LogP contribution in [0.2, 0.25) is 0 Å². The van der Waals surface area contributed by atoms with E-state index in [-0.39, 0.29) is 23.9 Å². The normalized spacial score (nSPS) is 28.5. The molecule has 5 heterocycles. The van der Waals surface area contributed by atoms with Crippen LogP contribution >= 0.6 is 0 Å². The number of rotatable bonds is 6. The summed E-state index contributed by atoms with van der Waals surface area (Å²) < 4.78 is 10.5. The van der Waals surface area contributed by atoms with Gasteiger partial charge in [-0.1, -0.05) is 24.3 Å². The number of piperidine rings is 2. The number of alkyl carbamates (subject to hydrolysis) is 1. The molecule has 4 N–H and O–H groups in total. The number of fused-ring (bicyclic) bond motifs is 6. The monoisotopic (exact) mass is 645 g/mol. The Morgan fingerprint density at radius 2 is 1.75 bits per heavy atom. The first-order valence-corrected chi connectivity index (χ1v) is 17.4. The highest BCUT2D eigenvalue weighted by Gasteiger charge is 2.56. The summed E-state index contributed by atoms with van der Waals surface area (Å²) in [5.74, 6) is 3.09. The van der Waals surface area contributed by atoms with Gasteiger partial charge in [-0.05, 0) is 97.1 Å². The summed E-state index contributed by atoms with van der Waals surface area (Å²) in [6, 6.07) is 17.6. The van der Waals surface area contributed by atoms with E-state index in [9.17, 15) is 9.59 Å². The first-order valence-electron chi connectivity index (χ1n) is 17.4. The molecule has 2 aromatic heterocycles. The van der Waals surface area contributed by atoms with Crippen LogP contribution in [0, 0.1) is 17.8 Å². The minimum absolute atomic E-state index is 0.00319. The molecule has 11 nitrogen and oxygen atoms in total. The molecule has 0 bridgehead atoms. The summed E-state index contributed by atoms with van der Waals surface area (Å²) in [4.78, 5) is 45.8. The lowest BCUT2D eigenvalue weighted by Gasteiger charge is -2.35. The van der Waals surface area contributed by atoms with Crippen molar-refractivity contribution in [1.29, 1.82) is 0 Å². The molecule has 2 aliphatic carbocycles. The standard InChI is InChI=1S/C37H39N7O4/c1-47-37(46)43-32(18-8-10-48-11-9-18)36(45)44-30-16-23(30)17-31(44)35-40-26-7-4-21-12-19(2-5-24(21)33(26)42-35)20-3-6-25-28(13-20)41-34(39-25)29-15-22-14-27(22)38-29/h2-7,12-13,18,22-23,27,29-32,38H,8-11,14-17H2,1H3,(H,39,41)(H,40,42)(H,43,46)/t22-,23-,27-,29+,30-,31+,32+/m1/s1. The van der Waals surface area contributed by atoms with Gasteiger partial charge >= 0.3 is 6.09 Å². The van der Waals surface area contributed by atoms with Gasteiger partial charge in [-0.25, -0.2) is 14.8 Å². The van der Waals surface area contributed by atoms with Crippen LogP contribution < -0.4 is 10.6 Å². The van der Waals surface area contributed by atoms with E-state index in [0.29, 0.717) is 31.2 Å². The number of ether oxygens (including phenoxy) is 2. The lowest BCUT2D eigenvalue weighted by atomic mass is 9.90. The van der Waals surface area contributed by atoms with Crippen molar-refractivity contribution < 1.29 is 19.1 Å². The van der Waals surface area contributed by atoms with Crippen molar-refractivity contribution >= 4 is 44.8 Å². The van der Waals surface area contributed by atoms with Crippen LogP contribution in [0.4, 0.5) is 4.79 Å². The third-order valence-corrected chi connectivity index (χ3v) is 11.7. The van der Waals surface area contributed by atoms with Gasteiger partial charge in [-0.15, -0.1) is 0 Å². The van der Waals surface area contributed by atoms with Crippen molar-refractivity contribution in [1.82, 2.24) is 35.5 Å². The van der Waals surface area contributed by atoms with Crippen LogP contribution in [0.3, 0.4) is 0 Å². The van der Waals surface area contributed by atoms with Gasteiger partial charge in [0.25, 0.3) is 0 Å². The molecule has 11 heteroatoms. The van der Waals surface area contributed by atoms with Crippen molar-refractivity contribution in [3.8, 4) is 11.1 Å². The second kappa shape index (κ2) is 10.8. The Hall–Kier alpha value is -4.48. The molecule has 5 aromatic rings. The number of H-pyrrole nitrogens is 2. The number of imidazole rings is 2. The van der Waals surface area contributed by atoms with Gasteiger partial charge in [-0.2, -0.15) is 0 Å². The predicted molar refractivity (Wildman–Crippen MR) is 180 cm³/mol. The molecule has 0 spiro atoms. The predicted octanol–water partition coefficient (Wildman–Crippen LogP) is 5.50. The zero-order chi connectivity index (χ0) is 32.1. The van der Waals surface area contributed by atoms with Gasteiger partial charge in [0.15, 0.2) is 0 Å². The van der Waals surface area contributed by atoms with E-state index in [0.717, 1.165) is 87.2 Å². The fourth-order valence-electron chi connectivity index (χ4n) is 8.86. The quantitative estimate of drug-likeness (QED) is 0.192. The van der Waals surface area contributed by atoms with E-state index in [4.69, 9.17) is 19.4 Å². The van der Waals surface area contributed by atoms with Crippen molar-refractivity contribution in [3.05, 3.63) is 60.2 Å². The highest BCUT2D eigenvalue weighted by molar-refractivity contribution is 6.05. The summed E-state index contributed by atoms with van der Waals surface area (Å²) in [5.41, 5.74) is 6.21. The number of carbonyl (C=O) groups excluding carboxylic acids is 2. The smallest absolute Gasteiger partial charge is 0.407 e. The number of aromatic amines is 2. The molecular weight excluding hydrogens is 606 g/mol. The van der Waals surface area contributed by atoms with E-state index in [1.807, 2.05) is 4.90 Å². The number of carbonyl (C=O) groups is 2. The zero-order valence-electron chi connectivity index (χ0n) is 26.9. The Kier molecular flexibility index (Phi) is 6.40. The summed E-state index contributed by atoms with van der Waals surface area (Å²) >= 11 is 0. The maximum absolute atomic E-state index is 14.2. The molecule has 3 saturated heterocycles. The molecule has 246 valence electrons. The second-order valence-electron chi connectivity index (χ2n) is 14.6. The highest BCUT2D eigenvalue weighted by Crippen LogP contribution is 2.54. The largest absolute Gasteiger partial charge is 0.453 e. The number of benzene rings is 3. The summed E-state index contributed by atoms with van der Waals surface area (Å²) in [7, 11) is 1.34. The Morgan fingerprint density at radius 1 is 0.917 bits per heavy atom. The molecule has 3 aromatic carbocycles. The molecule has 48 heavy (non-hydrogen) atoms. The van der Waals surface area contributed by atoms with E-state index >= 15 is 0 Å². The molecule has 0 radical (unpaired) electrons. The average Bonchev–Trinajstić information content (AvgIpc) is 3.73. The van der Waals surface area contributed by atoms with Crippen molar-refractivity contribution in [2.24, 2.45) is 17.8 Å². The van der Waals surface area contributed by atoms with E-state index in [1.54, 1.807) is 0 Å². The Bertz CT molecular complexity index is 2090. The number of nitrogens with zero attached hydrogens (tertiary/aromatic N) is 3. The zero-order valence-corrected chi connectivity index (χ0v) is 26.9. The maximum Gasteiger partial charge on any atom is 0.407 e. The Balaban J connectivity index is 0.942. The number of nitrogens with one attached hydrogen (secondary N) is 4. The number of hydrogen-bond acceptors (Lipinski definition) is 7. The second-order valence-corrected chi connectivity index (χ2v) is 14.6. The van der Waals surface area contributed by atoms with Crippen LogP contribution in [0.15, 0.2) is 48.5 Å². The van der Waals surface area contributed by atoms with Crippen molar-refractivity contribution in [2.45, 2.75) is 68.7 Å². The first kappa shape index (κ1) is 28.5. The van der Waals surface area contributed by atoms with Crippen LogP contribution in [0.25, 0.3) is 44.0 Å². The molecule has 0 unspecified atom stereocenters. The summed E-state index contributed by atoms with van der Waals surface area (Å²) in [6.45, 7) is 1.17. The maximum atomic E-state index is 14.2. The third kappa shape index (κ3) is 4.69. The molecule has 2 amide bonds. The minimum Gasteiger partial charge on any atom is -0.453 e. The lowest BCUT2D eigenvalue weighted by Crippen LogP contribution is -2.54. The van der Waals surface area contributed by atoms with Gasteiger partial charge in [0, 0.05) is 30.7 Å². The van der Waals surface area contributed by atoms with Gasteiger partial charge in [0.1, 0.15) is 17.7 Å². The topological polar surface area (TPSA) is 137 Å². The molecule has 5 fully saturated rings. The highest BCUT2D eigenvalue weighted by atomic mass is 16.5. The van der Waals surface area contributed by atoms with Gasteiger partial charge < -0.3 is 35.0 Å². The molecule has 5 aliphatic rings. The molecule has 3 aliphatic heterocycles. The summed E-state index contributed by atoms with van der Waals surface area (Å²) in [6.07, 6.45) is 5.21. The van der Waals surface area contributed by atoms with Crippen LogP contribution in [0.1, 0.15) is 62.3 Å². The van der Waals surface area contributed by atoms with Crippen LogP contribution in [-0.2, 0) is 14.3 Å². The first-order chi connectivity index (χ1) is 23.5. The molecule has 2 saturated carbocycles. The fraction of sp³-hybridized carbons (Fsp3) is 0.459. The van der Waals surface area contributed by atoms with E-state index < -0.39 is 12.1 Å². The SMILES string of the molecule is COC(=O)N[C@H](C(=O)N1[C@@H]2C[C@@H]2C[C@H]1c1nc2c(ccc3cc(-c4ccc5nc([C@@H]6C[C@H]7C[C@H]7N6)[nH]c5c4)ccc32)[nH]1)C1CCOCC1.